The van der Waals surface area contributed by atoms with Crippen LogP contribution in [0.4, 0.5) is 0 Å². The maximum atomic E-state index is 6.01. The number of imidazole rings is 1. The highest BCUT2D eigenvalue weighted by Crippen LogP contribution is 2.38. The normalized spacial score (nSPS) is 18.6. The standard InChI is InChI=1S/C17H23ClN2/c1-13-7-6-8-14-16(13)19-15(9-12-18)20(14)17(2)10-4-3-5-11-17/h6-8H,3-5,9-12H2,1-2H3. The van der Waals surface area contributed by atoms with Gasteiger partial charge in [-0.15, -0.1) is 11.6 Å². The number of aromatic nitrogens is 2. The molecule has 0 amide bonds. The van der Waals surface area contributed by atoms with Crippen molar-refractivity contribution in [3.05, 3.63) is 29.6 Å². The van der Waals surface area contributed by atoms with E-state index in [2.05, 4.69) is 36.6 Å². The predicted octanol–water partition coefficient (Wildman–Crippen LogP) is 4.81. The molecule has 0 radical (unpaired) electrons. The molecule has 1 saturated carbocycles. The van der Waals surface area contributed by atoms with Crippen molar-refractivity contribution in [1.82, 2.24) is 9.55 Å². The Kier molecular flexibility index (Phi) is 3.76. The molecule has 1 fully saturated rings. The van der Waals surface area contributed by atoms with E-state index in [4.69, 9.17) is 16.6 Å². The van der Waals surface area contributed by atoms with Gasteiger partial charge in [0.1, 0.15) is 5.82 Å². The van der Waals surface area contributed by atoms with E-state index in [1.165, 1.54) is 43.2 Å². The second-order valence-corrected chi connectivity index (χ2v) is 6.68. The second-order valence-electron chi connectivity index (χ2n) is 6.30. The summed E-state index contributed by atoms with van der Waals surface area (Å²) in [6, 6.07) is 6.51. The number of halogens is 1. The zero-order valence-corrected chi connectivity index (χ0v) is 13.2. The molecule has 0 N–H and O–H groups in total. The number of aryl methyl sites for hydroxylation is 2. The molecule has 1 aromatic heterocycles. The van der Waals surface area contributed by atoms with Crippen LogP contribution in [0.1, 0.15) is 50.4 Å². The molecular formula is C17H23ClN2. The van der Waals surface area contributed by atoms with Crippen molar-refractivity contribution in [2.24, 2.45) is 0 Å². The van der Waals surface area contributed by atoms with Gasteiger partial charge in [-0.25, -0.2) is 4.98 Å². The van der Waals surface area contributed by atoms with Gasteiger partial charge in [-0.3, -0.25) is 0 Å². The third-order valence-corrected chi connectivity index (χ3v) is 4.93. The molecule has 1 aliphatic carbocycles. The molecule has 0 atom stereocenters. The number of hydrogen-bond donors (Lipinski definition) is 0. The Hall–Kier alpha value is -1.02. The van der Waals surface area contributed by atoms with Gasteiger partial charge in [-0.05, 0) is 38.3 Å². The minimum atomic E-state index is 0.211. The fourth-order valence-corrected chi connectivity index (χ4v) is 3.85. The summed E-state index contributed by atoms with van der Waals surface area (Å²) in [6.45, 7) is 4.54. The van der Waals surface area contributed by atoms with Gasteiger partial charge in [0, 0.05) is 17.8 Å². The Morgan fingerprint density at radius 2 is 2.00 bits per heavy atom. The molecule has 0 aliphatic heterocycles. The summed E-state index contributed by atoms with van der Waals surface area (Å²) in [5, 5.41) is 0. The third-order valence-electron chi connectivity index (χ3n) is 4.74. The number of rotatable bonds is 3. The predicted molar refractivity (Wildman–Crippen MR) is 85.6 cm³/mol. The summed E-state index contributed by atoms with van der Waals surface area (Å²) in [6.07, 6.45) is 7.37. The SMILES string of the molecule is Cc1cccc2c1nc(CCCl)n2C1(C)CCCCC1. The minimum absolute atomic E-state index is 0.211. The molecule has 1 heterocycles. The third kappa shape index (κ3) is 2.24. The number of hydrogen-bond acceptors (Lipinski definition) is 1. The first-order valence-corrected chi connectivity index (χ1v) is 8.22. The minimum Gasteiger partial charge on any atom is -0.322 e. The van der Waals surface area contributed by atoms with Gasteiger partial charge in [0.25, 0.3) is 0 Å². The first kappa shape index (κ1) is 13.9. The zero-order valence-electron chi connectivity index (χ0n) is 12.5. The summed E-state index contributed by atoms with van der Waals surface area (Å²) in [7, 11) is 0. The van der Waals surface area contributed by atoms with Gasteiger partial charge < -0.3 is 4.57 Å². The van der Waals surface area contributed by atoms with Crippen LogP contribution in [0.15, 0.2) is 18.2 Å². The summed E-state index contributed by atoms with van der Waals surface area (Å²) < 4.78 is 2.50. The molecule has 2 nitrogen and oxygen atoms in total. The van der Waals surface area contributed by atoms with E-state index < -0.39 is 0 Å². The quantitative estimate of drug-likeness (QED) is 0.742. The van der Waals surface area contributed by atoms with Crippen molar-refractivity contribution in [3.8, 4) is 0 Å². The van der Waals surface area contributed by atoms with Gasteiger partial charge in [0.15, 0.2) is 0 Å². The lowest BCUT2D eigenvalue weighted by Gasteiger charge is -2.37. The van der Waals surface area contributed by atoms with Crippen LogP contribution in [-0.2, 0) is 12.0 Å². The molecule has 1 aliphatic rings. The van der Waals surface area contributed by atoms with Crippen LogP contribution in [0.3, 0.4) is 0 Å². The highest BCUT2D eigenvalue weighted by atomic mass is 35.5. The average molecular weight is 291 g/mol. The van der Waals surface area contributed by atoms with Crippen molar-refractivity contribution in [2.45, 2.75) is 57.9 Å². The summed E-state index contributed by atoms with van der Waals surface area (Å²) in [4.78, 5) is 4.90. The van der Waals surface area contributed by atoms with Gasteiger partial charge >= 0.3 is 0 Å². The maximum absolute atomic E-state index is 6.01. The van der Waals surface area contributed by atoms with Crippen LogP contribution in [0.2, 0.25) is 0 Å². The Morgan fingerprint density at radius 1 is 1.25 bits per heavy atom. The molecule has 1 aromatic carbocycles. The van der Waals surface area contributed by atoms with Crippen molar-refractivity contribution < 1.29 is 0 Å². The van der Waals surface area contributed by atoms with Crippen LogP contribution in [0, 0.1) is 6.92 Å². The highest BCUT2D eigenvalue weighted by molar-refractivity contribution is 6.17. The number of fused-ring (bicyclic) bond motifs is 1. The lowest BCUT2D eigenvalue weighted by molar-refractivity contribution is 0.219. The summed E-state index contributed by atoms with van der Waals surface area (Å²) in [5.41, 5.74) is 3.91. The van der Waals surface area contributed by atoms with E-state index in [0.29, 0.717) is 5.88 Å². The van der Waals surface area contributed by atoms with E-state index in [-0.39, 0.29) is 5.54 Å². The van der Waals surface area contributed by atoms with Crippen molar-refractivity contribution in [2.75, 3.05) is 5.88 Å². The maximum Gasteiger partial charge on any atom is 0.111 e. The van der Waals surface area contributed by atoms with Gasteiger partial charge in [0.05, 0.1) is 11.0 Å². The van der Waals surface area contributed by atoms with Crippen molar-refractivity contribution >= 4 is 22.6 Å². The molecule has 0 saturated heterocycles. The molecule has 20 heavy (non-hydrogen) atoms. The lowest BCUT2D eigenvalue weighted by Crippen LogP contribution is -2.34. The number of benzene rings is 1. The lowest BCUT2D eigenvalue weighted by atomic mass is 9.82. The van der Waals surface area contributed by atoms with Gasteiger partial charge in [-0.1, -0.05) is 31.4 Å². The van der Waals surface area contributed by atoms with E-state index in [1.807, 2.05) is 0 Å². The van der Waals surface area contributed by atoms with Crippen LogP contribution in [-0.4, -0.2) is 15.4 Å². The zero-order chi connectivity index (χ0) is 14.2. The molecular weight excluding hydrogens is 268 g/mol. The van der Waals surface area contributed by atoms with Crippen molar-refractivity contribution in [1.29, 1.82) is 0 Å². The number of para-hydroxylation sites is 1. The highest BCUT2D eigenvalue weighted by Gasteiger charge is 2.32. The van der Waals surface area contributed by atoms with E-state index in [0.717, 1.165) is 17.8 Å². The number of nitrogens with zero attached hydrogens (tertiary/aromatic N) is 2. The van der Waals surface area contributed by atoms with Crippen LogP contribution < -0.4 is 0 Å². The van der Waals surface area contributed by atoms with Crippen LogP contribution in [0.5, 0.6) is 0 Å². The molecule has 3 heteroatoms. The van der Waals surface area contributed by atoms with Crippen LogP contribution in [0.25, 0.3) is 11.0 Å². The first-order chi connectivity index (χ1) is 9.65. The Labute approximate surface area is 126 Å². The molecule has 108 valence electrons. The monoisotopic (exact) mass is 290 g/mol. The topological polar surface area (TPSA) is 17.8 Å². The van der Waals surface area contributed by atoms with Crippen molar-refractivity contribution in [3.63, 3.8) is 0 Å². The largest absolute Gasteiger partial charge is 0.322 e. The fraction of sp³-hybridized carbons (Fsp3) is 0.588. The van der Waals surface area contributed by atoms with E-state index in [9.17, 15) is 0 Å². The van der Waals surface area contributed by atoms with Gasteiger partial charge in [0.2, 0.25) is 0 Å². The Balaban J connectivity index is 2.20. The molecule has 2 aromatic rings. The molecule has 3 rings (SSSR count). The average Bonchev–Trinajstić information content (AvgIpc) is 2.80. The fourth-order valence-electron chi connectivity index (χ4n) is 3.68. The number of alkyl halides is 1. The summed E-state index contributed by atoms with van der Waals surface area (Å²) >= 11 is 6.01. The van der Waals surface area contributed by atoms with E-state index in [1.54, 1.807) is 0 Å². The van der Waals surface area contributed by atoms with E-state index >= 15 is 0 Å². The molecule has 0 unspecified atom stereocenters. The Morgan fingerprint density at radius 3 is 2.70 bits per heavy atom. The smallest absolute Gasteiger partial charge is 0.111 e. The Bertz CT molecular complexity index is 609. The molecule has 0 spiro atoms. The molecule has 0 bridgehead atoms. The van der Waals surface area contributed by atoms with Gasteiger partial charge in [-0.2, -0.15) is 0 Å². The first-order valence-electron chi connectivity index (χ1n) is 7.69. The second kappa shape index (κ2) is 5.40. The summed E-state index contributed by atoms with van der Waals surface area (Å²) in [5.74, 6) is 1.80. The van der Waals surface area contributed by atoms with Crippen LogP contribution >= 0.6 is 11.6 Å².